The zero-order chi connectivity index (χ0) is 17.6. The molecule has 1 heterocycles. The molecule has 1 aromatic rings. The third kappa shape index (κ3) is 5.27. The number of para-hydroxylation sites is 1. The van der Waals surface area contributed by atoms with Crippen molar-refractivity contribution in [1.82, 2.24) is 4.90 Å². The molecule has 1 aliphatic heterocycles. The predicted molar refractivity (Wildman–Crippen MR) is 100 cm³/mol. The molecule has 3 rings (SSSR count). The highest BCUT2D eigenvalue weighted by Gasteiger charge is 2.24. The van der Waals surface area contributed by atoms with Gasteiger partial charge < -0.3 is 9.69 Å². The van der Waals surface area contributed by atoms with Crippen LogP contribution in [0.25, 0.3) is 0 Å². The van der Waals surface area contributed by atoms with Crippen molar-refractivity contribution in [3.8, 4) is 0 Å². The highest BCUT2D eigenvalue weighted by atomic mass is 19.1. The number of rotatable bonds is 6. The van der Waals surface area contributed by atoms with E-state index in [1.807, 2.05) is 12.1 Å². The molecule has 2 fully saturated rings. The molecule has 0 unspecified atom stereocenters. The van der Waals surface area contributed by atoms with E-state index in [-0.39, 0.29) is 5.82 Å². The molecule has 3 nitrogen and oxygen atoms in total. The molecule has 0 atom stereocenters. The Labute approximate surface area is 151 Å². The molecule has 0 N–H and O–H groups in total. The summed E-state index contributed by atoms with van der Waals surface area (Å²) in [4.78, 5) is 15.9. The van der Waals surface area contributed by atoms with Crippen LogP contribution in [-0.2, 0) is 4.79 Å². The first kappa shape index (κ1) is 18.4. The Kier molecular flexibility index (Phi) is 6.46. The smallest absolute Gasteiger partial charge is 0.146 e. The number of hydrogen-bond acceptors (Lipinski definition) is 3. The Morgan fingerprint density at radius 1 is 1.04 bits per heavy atom. The predicted octanol–water partition coefficient (Wildman–Crippen LogP) is 4.12. The summed E-state index contributed by atoms with van der Waals surface area (Å²) < 4.78 is 13.9. The number of benzene rings is 1. The fourth-order valence-electron chi connectivity index (χ4n) is 4.42. The van der Waals surface area contributed by atoms with Crippen molar-refractivity contribution in [2.45, 2.75) is 45.4 Å². The summed E-state index contributed by atoms with van der Waals surface area (Å²) in [6, 6.07) is 7.09. The van der Waals surface area contributed by atoms with Crippen LogP contribution in [0.3, 0.4) is 0 Å². The molecule has 1 aromatic carbocycles. The number of piperazine rings is 1. The first-order valence-electron chi connectivity index (χ1n) is 9.83. The van der Waals surface area contributed by atoms with Gasteiger partial charge in [-0.3, -0.25) is 4.90 Å². The van der Waals surface area contributed by atoms with E-state index in [1.165, 1.54) is 32.1 Å². The van der Waals surface area contributed by atoms with Crippen LogP contribution < -0.4 is 4.90 Å². The van der Waals surface area contributed by atoms with Gasteiger partial charge >= 0.3 is 0 Å². The molecular formula is C21H31FN2O. The second-order valence-corrected chi connectivity index (χ2v) is 7.86. The van der Waals surface area contributed by atoms with Gasteiger partial charge in [0.1, 0.15) is 11.6 Å². The monoisotopic (exact) mass is 346 g/mol. The second-order valence-electron chi connectivity index (χ2n) is 7.86. The molecule has 0 amide bonds. The van der Waals surface area contributed by atoms with E-state index in [0.717, 1.165) is 50.7 Å². The summed E-state index contributed by atoms with van der Waals surface area (Å²) in [6.45, 7) is 6.74. The average Bonchev–Trinajstić information content (AvgIpc) is 2.62. The van der Waals surface area contributed by atoms with Crippen LogP contribution >= 0.6 is 0 Å². The molecule has 1 saturated heterocycles. The van der Waals surface area contributed by atoms with Gasteiger partial charge in [-0.25, -0.2) is 4.39 Å². The Morgan fingerprint density at radius 2 is 1.68 bits per heavy atom. The number of nitrogens with zero attached hydrogens (tertiary/aromatic N) is 2. The fourth-order valence-corrected chi connectivity index (χ4v) is 4.42. The Morgan fingerprint density at radius 3 is 2.32 bits per heavy atom. The first-order chi connectivity index (χ1) is 12.1. The van der Waals surface area contributed by atoms with Gasteiger partial charge in [0, 0.05) is 32.6 Å². The van der Waals surface area contributed by atoms with Crippen molar-refractivity contribution in [3.63, 3.8) is 0 Å². The van der Waals surface area contributed by atoms with Gasteiger partial charge in [-0.2, -0.15) is 0 Å². The molecule has 0 radical (unpaired) electrons. The van der Waals surface area contributed by atoms with E-state index in [1.54, 1.807) is 19.1 Å². The molecular weight excluding hydrogens is 315 g/mol. The van der Waals surface area contributed by atoms with E-state index in [9.17, 15) is 9.18 Å². The number of halogens is 1. The Balaban J connectivity index is 1.36. The van der Waals surface area contributed by atoms with E-state index in [4.69, 9.17) is 0 Å². The summed E-state index contributed by atoms with van der Waals surface area (Å²) in [6.07, 6.45) is 7.08. The summed E-state index contributed by atoms with van der Waals surface area (Å²) in [5, 5.41) is 0. The standard InChI is InChI=1S/C21H31FN2O/c1-17(25)16-19-8-6-18(7-9-19)10-11-23-12-14-24(15-13-23)21-5-3-2-4-20(21)22/h2-5,18-19H,6-16H2,1H3. The molecule has 0 aromatic heterocycles. The minimum absolute atomic E-state index is 0.113. The van der Waals surface area contributed by atoms with Gasteiger partial charge in [-0.1, -0.05) is 25.0 Å². The highest BCUT2D eigenvalue weighted by molar-refractivity contribution is 5.75. The molecule has 2 aliphatic rings. The molecule has 0 spiro atoms. The van der Waals surface area contributed by atoms with Crippen LogP contribution in [0.2, 0.25) is 0 Å². The van der Waals surface area contributed by atoms with Crippen molar-refractivity contribution >= 4 is 11.5 Å². The van der Waals surface area contributed by atoms with Crippen molar-refractivity contribution < 1.29 is 9.18 Å². The summed E-state index contributed by atoms with van der Waals surface area (Å²) in [5.41, 5.74) is 0.742. The van der Waals surface area contributed by atoms with E-state index < -0.39 is 0 Å². The van der Waals surface area contributed by atoms with Crippen molar-refractivity contribution in [2.24, 2.45) is 11.8 Å². The molecule has 4 heteroatoms. The van der Waals surface area contributed by atoms with Crippen molar-refractivity contribution in [3.05, 3.63) is 30.1 Å². The van der Waals surface area contributed by atoms with E-state index >= 15 is 0 Å². The van der Waals surface area contributed by atoms with Gasteiger partial charge in [0.15, 0.2) is 0 Å². The Bertz CT molecular complexity index is 561. The number of Topliss-reactive ketones (excluding diaryl/α,β-unsaturated/α-hetero) is 1. The van der Waals surface area contributed by atoms with Crippen LogP contribution in [0.4, 0.5) is 10.1 Å². The van der Waals surface area contributed by atoms with Gasteiger partial charge in [0.2, 0.25) is 0 Å². The quantitative estimate of drug-likeness (QED) is 0.774. The lowest BCUT2D eigenvalue weighted by Gasteiger charge is -2.37. The number of hydrogen-bond donors (Lipinski definition) is 0. The summed E-state index contributed by atoms with van der Waals surface area (Å²) in [7, 11) is 0. The SMILES string of the molecule is CC(=O)CC1CCC(CCN2CCN(c3ccccc3F)CC2)CC1. The third-order valence-electron chi connectivity index (χ3n) is 5.96. The normalized spacial score (nSPS) is 25.1. The maximum Gasteiger partial charge on any atom is 0.146 e. The summed E-state index contributed by atoms with van der Waals surface area (Å²) in [5.74, 6) is 1.69. The second kappa shape index (κ2) is 8.79. The molecule has 1 saturated carbocycles. The minimum Gasteiger partial charge on any atom is -0.367 e. The highest BCUT2D eigenvalue weighted by Crippen LogP contribution is 2.33. The van der Waals surface area contributed by atoms with Crippen molar-refractivity contribution in [2.75, 3.05) is 37.6 Å². The van der Waals surface area contributed by atoms with Gasteiger partial charge in [0.05, 0.1) is 5.69 Å². The largest absolute Gasteiger partial charge is 0.367 e. The fraction of sp³-hybridized carbons (Fsp3) is 0.667. The van der Waals surface area contributed by atoms with Gasteiger partial charge in [-0.05, 0) is 56.7 Å². The maximum absolute atomic E-state index is 13.9. The number of carbonyl (C=O) groups excluding carboxylic acids is 1. The number of anilines is 1. The van der Waals surface area contributed by atoms with Crippen LogP contribution in [0.15, 0.2) is 24.3 Å². The topological polar surface area (TPSA) is 23.6 Å². The lowest BCUT2D eigenvalue weighted by Crippen LogP contribution is -2.47. The zero-order valence-electron chi connectivity index (χ0n) is 15.4. The van der Waals surface area contributed by atoms with Gasteiger partial charge in [0.25, 0.3) is 0 Å². The minimum atomic E-state index is -0.113. The first-order valence-corrected chi connectivity index (χ1v) is 9.83. The number of ketones is 1. The molecule has 25 heavy (non-hydrogen) atoms. The lowest BCUT2D eigenvalue weighted by molar-refractivity contribution is -0.118. The molecule has 1 aliphatic carbocycles. The summed E-state index contributed by atoms with van der Waals surface area (Å²) >= 11 is 0. The average molecular weight is 346 g/mol. The van der Waals surface area contributed by atoms with Crippen LogP contribution in [0.1, 0.15) is 45.4 Å². The van der Waals surface area contributed by atoms with Gasteiger partial charge in [-0.15, -0.1) is 0 Å². The zero-order valence-corrected chi connectivity index (χ0v) is 15.4. The Hall–Kier alpha value is -1.42. The van der Waals surface area contributed by atoms with E-state index in [2.05, 4.69) is 9.80 Å². The van der Waals surface area contributed by atoms with Crippen LogP contribution in [-0.4, -0.2) is 43.4 Å². The van der Waals surface area contributed by atoms with Crippen LogP contribution in [0.5, 0.6) is 0 Å². The maximum atomic E-state index is 13.9. The van der Waals surface area contributed by atoms with E-state index in [0.29, 0.717) is 11.7 Å². The van der Waals surface area contributed by atoms with Crippen molar-refractivity contribution in [1.29, 1.82) is 0 Å². The lowest BCUT2D eigenvalue weighted by atomic mass is 9.78. The molecule has 0 bridgehead atoms. The third-order valence-corrected chi connectivity index (χ3v) is 5.96. The van der Waals surface area contributed by atoms with Crippen LogP contribution in [0, 0.1) is 17.7 Å². The molecule has 138 valence electrons. The number of carbonyl (C=O) groups is 1.